The number of ether oxygens (including phenoxy) is 2. The van der Waals surface area contributed by atoms with E-state index in [4.69, 9.17) is 14.7 Å². The molecule has 0 aromatic rings. The normalized spacial score (nSPS) is 12.1. The number of carbonyl (C=O) groups excluding carboxylic acids is 2. The summed E-state index contributed by atoms with van der Waals surface area (Å²) in [6.45, 7) is 7.52. The Kier molecular flexibility index (Phi) is 7.77. The predicted molar refractivity (Wildman–Crippen MR) is 65.3 cm³/mol. The van der Waals surface area contributed by atoms with Crippen molar-refractivity contribution in [2.45, 2.75) is 34.1 Å². The van der Waals surface area contributed by atoms with Crippen molar-refractivity contribution in [2.24, 2.45) is 17.8 Å². The molecule has 0 rings (SSSR count). The van der Waals surface area contributed by atoms with E-state index in [2.05, 4.69) is 0 Å². The number of rotatable bonds is 7. The van der Waals surface area contributed by atoms with Crippen LogP contribution in [0.15, 0.2) is 0 Å². The summed E-state index contributed by atoms with van der Waals surface area (Å²) in [5.41, 5.74) is 0. The van der Waals surface area contributed by atoms with Gasteiger partial charge in [0.1, 0.15) is 0 Å². The molecule has 102 valence electrons. The molecule has 5 nitrogen and oxygen atoms in total. The van der Waals surface area contributed by atoms with Crippen LogP contribution in [-0.4, -0.2) is 25.2 Å². The van der Waals surface area contributed by atoms with Crippen LogP contribution >= 0.6 is 0 Å². The van der Waals surface area contributed by atoms with Crippen LogP contribution in [0.3, 0.4) is 0 Å². The van der Waals surface area contributed by atoms with Crippen molar-refractivity contribution < 1.29 is 19.1 Å². The van der Waals surface area contributed by atoms with Crippen LogP contribution in [0.2, 0.25) is 0 Å². The Balaban J connectivity index is 4.99. The highest BCUT2D eigenvalue weighted by atomic mass is 16.6. The molecule has 18 heavy (non-hydrogen) atoms. The molecule has 0 fully saturated rings. The number of esters is 2. The summed E-state index contributed by atoms with van der Waals surface area (Å²) < 4.78 is 9.69. The van der Waals surface area contributed by atoms with Gasteiger partial charge in [-0.25, -0.2) is 0 Å². The van der Waals surface area contributed by atoms with Gasteiger partial charge in [-0.2, -0.15) is 5.26 Å². The summed E-state index contributed by atoms with van der Waals surface area (Å²) in [5, 5.41) is 9.11. The number of nitriles is 1. The van der Waals surface area contributed by atoms with Gasteiger partial charge in [-0.1, -0.05) is 13.8 Å². The van der Waals surface area contributed by atoms with Crippen molar-refractivity contribution in [1.82, 2.24) is 0 Å². The second-order valence-electron chi connectivity index (χ2n) is 4.35. The molecule has 0 bridgehead atoms. The van der Waals surface area contributed by atoms with Crippen LogP contribution in [0.4, 0.5) is 0 Å². The molecule has 0 aliphatic rings. The van der Waals surface area contributed by atoms with Crippen molar-refractivity contribution in [2.75, 3.05) is 13.2 Å². The van der Waals surface area contributed by atoms with Gasteiger partial charge in [-0.15, -0.1) is 0 Å². The minimum Gasteiger partial charge on any atom is -0.465 e. The Morgan fingerprint density at radius 2 is 1.56 bits per heavy atom. The van der Waals surface area contributed by atoms with Crippen LogP contribution in [0, 0.1) is 29.1 Å². The standard InChI is InChI=1S/C13H21NO4/c1-5-17-12(15)11(13(16)18-6-2)10(8-14)7-9(3)4/h9-11H,5-7H2,1-4H3. The van der Waals surface area contributed by atoms with E-state index >= 15 is 0 Å². The summed E-state index contributed by atoms with van der Waals surface area (Å²) in [4.78, 5) is 23.5. The molecular formula is C13H21NO4. The fourth-order valence-electron chi connectivity index (χ4n) is 1.66. The van der Waals surface area contributed by atoms with Gasteiger partial charge in [0.25, 0.3) is 0 Å². The van der Waals surface area contributed by atoms with Crippen molar-refractivity contribution in [1.29, 1.82) is 5.26 Å². The Bertz CT molecular complexity index is 301. The van der Waals surface area contributed by atoms with Crippen LogP contribution < -0.4 is 0 Å². The number of hydrogen-bond acceptors (Lipinski definition) is 5. The van der Waals surface area contributed by atoms with E-state index in [-0.39, 0.29) is 19.1 Å². The minimum absolute atomic E-state index is 0.175. The van der Waals surface area contributed by atoms with Crippen molar-refractivity contribution in [3.8, 4) is 6.07 Å². The van der Waals surface area contributed by atoms with E-state index in [0.29, 0.717) is 6.42 Å². The quantitative estimate of drug-likeness (QED) is 0.513. The van der Waals surface area contributed by atoms with Crippen LogP contribution in [-0.2, 0) is 19.1 Å². The Morgan fingerprint density at radius 3 is 1.83 bits per heavy atom. The molecule has 0 aliphatic heterocycles. The molecule has 0 aliphatic carbocycles. The molecule has 0 saturated carbocycles. The lowest BCUT2D eigenvalue weighted by molar-refractivity contribution is -0.163. The zero-order valence-electron chi connectivity index (χ0n) is 11.4. The Labute approximate surface area is 108 Å². The smallest absolute Gasteiger partial charge is 0.321 e. The fraction of sp³-hybridized carbons (Fsp3) is 0.769. The topological polar surface area (TPSA) is 76.4 Å². The van der Waals surface area contributed by atoms with Crippen molar-refractivity contribution in [3.63, 3.8) is 0 Å². The first kappa shape index (κ1) is 16.4. The molecule has 0 heterocycles. The fourth-order valence-corrected chi connectivity index (χ4v) is 1.66. The summed E-state index contributed by atoms with van der Waals surface area (Å²) in [7, 11) is 0. The van der Waals surface area contributed by atoms with Gasteiger partial charge in [-0.05, 0) is 26.2 Å². The third-order valence-corrected chi connectivity index (χ3v) is 2.37. The monoisotopic (exact) mass is 255 g/mol. The van der Waals surface area contributed by atoms with E-state index in [1.165, 1.54) is 0 Å². The second kappa shape index (κ2) is 8.51. The van der Waals surface area contributed by atoms with Gasteiger partial charge < -0.3 is 9.47 Å². The van der Waals surface area contributed by atoms with Crippen molar-refractivity contribution >= 4 is 11.9 Å². The van der Waals surface area contributed by atoms with E-state index < -0.39 is 23.8 Å². The first-order chi connectivity index (χ1) is 8.47. The molecule has 5 heteroatoms. The zero-order chi connectivity index (χ0) is 14.1. The summed E-state index contributed by atoms with van der Waals surface area (Å²) in [6.07, 6.45) is 0.457. The molecule has 0 saturated heterocycles. The van der Waals surface area contributed by atoms with Gasteiger partial charge in [-0.3, -0.25) is 9.59 Å². The summed E-state index contributed by atoms with van der Waals surface area (Å²) in [5.74, 6) is -2.99. The van der Waals surface area contributed by atoms with Gasteiger partial charge in [0.2, 0.25) is 0 Å². The maximum Gasteiger partial charge on any atom is 0.321 e. The highest BCUT2D eigenvalue weighted by Gasteiger charge is 2.37. The third kappa shape index (κ3) is 5.17. The predicted octanol–water partition coefficient (Wildman–Crippen LogP) is 1.91. The molecule has 0 aromatic heterocycles. The Hall–Kier alpha value is -1.57. The van der Waals surface area contributed by atoms with Crippen LogP contribution in [0.25, 0.3) is 0 Å². The SMILES string of the molecule is CCOC(=O)C(C(=O)OCC)C(C#N)CC(C)C. The molecule has 1 unspecified atom stereocenters. The maximum absolute atomic E-state index is 11.8. The third-order valence-electron chi connectivity index (χ3n) is 2.37. The Morgan fingerprint density at radius 1 is 1.11 bits per heavy atom. The van der Waals surface area contributed by atoms with E-state index in [9.17, 15) is 9.59 Å². The van der Waals surface area contributed by atoms with Crippen LogP contribution in [0.1, 0.15) is 34.1 Å². The number of hydrogen-bond donors (Lipinski definition) is 0. The molecule has 1 atom stereocenters. The zero-order valence-corrected chi connectivity index (χ0v) is 11.4. The number of nitrogens with zero attached hydrogens (tertiary/aromatic N) is 1. The van der Waals surface area contributed by atoms with Crippen LogP contribution in [0.5, 0.6) is 0 Å². The lowest BCUT2D eigenvalue weighted by Crippen LogP contribution is -2.34. The van der Waals surface area contributed by atoms with E-state index in [1.54, 1.807) is 13.8 Å². The minimum atomic E-state index is -1.14. The lowest BCUT2D eigenvalue weighted by atomic mass is 9.86. The summed E-state index contributed by atoms with van der Waals surface area (Å²) >= 11 is 0. The largest absolute Gasteiger partial charge is 0.465 e. The average molecular weight is 255 g/mol. The number of carbonyl (C=O) groups is 2. The average Bonchev–Trinajstić information content (AvgIpc) is 2.28. The van der Waals surface area contributed by atoms with Gasteiger partial charge >= 0.3 is 11.9 Å². The highest BCUT2D eigenvalue weighted by molar-refractivity contribution is 5.95. The first-order valence-corrected chi connectivity index (χ1v) is 6.20. The summed E-state index contributed by atoms with van der Waals surface area (Å²) in [6, 6.07) is 2.01. The molecule has 0 aromatic carbocycles. The molecule has 0 spiro atoms. The van der Waals surface area contributed by atoms with Gasteiger partial charge in [0.15, 0.2) is 5.92 Å². The maximum atomic E-state index is 11.8. The lowest BCUT2D eigenvalue weighted by Gasteiger charge is -2.20. The second-order valence-corrected chi connectivity index (χ2v) is 4.35. The van der Waals surface area contributed by atoms with Gasteiger partial charge in [0.05, 0.1) is 25.2 Å². The molecule has 0 N–H and O–H groups in total. The first-order valence-electron chi connectivity index (χ1n) is 6.20. The molecular weight excluding hydrogens is 234 g/mol. The highest BCUT2D eigenvalue weighted by Crippen LogP contribution is 2.23. The molecule has 0 amide bonds. The van der Waals surface area contributed by atoms with E-state index in [1.807, 2.05) is 19.9 Å². The van der Waals surface area contributed by atoms with E-state index in [0.717, 1.165) is 0 Å². The van der Waals surface area contributed by atoms with Gasteiger partial charge in [0, 0.05) is 0 Å². The van der Waals surface area contributed by atoms with Crippen molar-refractivity contribution in [3.05, 3.63) is 0 Å². The molecule has 0 radical (unpaired) electrons.